The Hall–Kier alpha value is -4.01. The normalized spacial score (nSPS) is 15.7. The molecule has 2 heterocycles. The molecular formula is C21H19N5O4. The number of hydrogen-bond donors (Lipinski definition) is 3. The SMILES string of the molecule is Cn1cnc2ccc(NC(=O)CCC3NC(=O)c4ccccc4NC3=O)cc2c1=O. The number of aromatic nitrogens is 2. The number of rotatable bonds is 4. The van der Waals surface area contributed by atoms with Crippen LogP contribution in [0.5, 0.6) is 0 Å². The predicted molar refractivity (Wildman–Crippen MR) is 111 cm³/mol. The maximum atomic E-state index is 12.4. The zero-order chi connectivity index (χ0) is 21.3. The van der Waals surface area contributed by atoms with Gasteiger partial charge in [0.1, 0.15) is 6.04 Å². The van der Waals surface area contributed by atoms with Gasteiger partial charge in [0.2, 0.25) is 11.8 Å². The van der Waals surface area contributed by atoms with Crippen LogP contribution in [0.15, 0.2) is 53.6 Å². The van der Waals surface area contributed by atoms with E-state index in [-0.39, 0.29) is 36.1 Å². The highest BCUT2D eigenvalue weighted by Gasteiger charge is 2.27. The largest absolute Gasteiger partial charge is 0.340 e. The molecule has 0 radical (unpaired) electrons. The minimum Gasteiger partial charge on any atom is -0.340 e. The molecule has 1 aromatic heterocycles. The Labute approximate surface area is 171 Å². The molecule has 1 aliphatic heterocycles. The summed E-state index contributed by atoms with van der Waals surface area (Å²) in [5.41, 5.74) is 1.60. The van der Waals surface area contributed by atoms with Crippen LogP contribution in [0.3, 0.4) is 0 Å². The number of anilines is 2. The van der Waals surface area contributed by atoms with E-state index in [0.29, 0.717) is 27.8 Å². The molecule has 1 aliphatic rings. The average molecular weight is 405 g/mol. The second-order valence-corrected chi connectivity index (χ2v) is 7.04. The lowest BCUT2D eigenvalue weighted by Crippen LogP contribution is -2.41. The van der Waals surface area contributed by atoms with Gasteiger partial charge < -0.3 is 20.5 Å². The van der Waals surface area contributed by atoms with E-state index in [1.54, 1.807) is 49.5 Å². The third kappa shape index (κ3) is 3.77. The Morgan fingerprint density at radius 1 is 1.17 bits per heavy atom. The zero-order valence-electron chi connectivity index (χ0n) is 16.1. The van der Waals surface area contributed by atoms with Crippen LogP contribution in [0.4, 0.5) is 11.4 Å². The fourth-order valence-corrected chi connectivity index (χ4v) is 3.30. The van der Waals surface area contributed by atoms with E-state index in [4.69, 9.17) is 0 Å². The van der Waals surface area contributed by atoms with E-state index in [2.05, 4.69) is 20.9 Å². The first-order valence-corrected chi connectivity index (χ1v) is 9.38. The van der Waals surface area contributed by atoms with Gasteiger partial charge in [0, 0.05) is 19.2 Å². The van der Waals surface area contributed by atoms with Gasteiger partial charge in [-0.25, -0.2) is 4.98 Å². The predicted octanol–water partition coefficient (Wildman–Crippen LogP) is 1.40. The van der Waals surface area contributed by atoms with Crippen molar-refractivity contribution < 1.29 is 14.4 Å². The van der Waals surface area contributed by atoms with Gasteiger partial charge in [0.15, 0.2) is 0 Å². The van der Waals surface area contributed by atoms with Gasteiger partial charge in [0.25, 0.3) is 11.5 Å². The summed E-state index contributed by atoms with van der Waals surface area (Å²) in [7, 11) is 1.60. The van der Waals surface area contributed by atoms with E-state index < -0.39 is 6.04 Å². The van der Waals surface area contributed by atoms with Crippen molar-refractivity contribution in [1.29, 1.82) is 0 Å². The van der Waals surface area contributed by atoms with Crippen molar-refractivity contribution >= 4 is 40.0 Å². The Balaban J connectivity index is 1.42. The van der Waals surface area contributed by atoms with Gasteiger partial charge in [-0.15, -0.1) is 0 Å². The molecule has 3 amide bonds. The summed E-state index contributed by atoms with van der Waals surface area (Å²) in [6.07, 6.45) is 1.58. The van der Waals surface area contributed by atoms with Crippen LogP contribution in [0.2, 0.25) is 0 Å². The molecule has 0 aliphatic carbocycles. The van der Waals surface area contributed by atoms with Crippen molar-refractivity contribution in [3.8, 4) is 0 Å². The lowest BCUT2D eigenvalue weighted by Gasteiger charge is -2.14. The van der Waals surface area contributed by atoms with E-state index in [9.17, 15) is 19.2 Å². The van der Waals surface area contributed by atoms with Crippen molar-refractivity contribution in [3.63, 3.8) is 0 Å². The smallest absolute Gasteiger partial charge is 0.260 e. The summed E-state index contributed by atoms with van der Waals surface area (Å²) >= 11 is 0. The second kappa shape index (κ2) is 7.78. The van der Waals surface area contributed by atoms with Crippen molar-refractivity contribution in [3.05, 3.63) is 64.7 Å². The van der Waals surface area contributed by atoms with Crippen LogP contribution in [0.1, 0.15) is 23.2 Å². The van der Waals surface area contributed by atoms with E-state index >= 15 is 0 Å². The first-order valence-electron chi connectivity index (χ1n) is 9.38. The van der Waals surface area contributed by atoms with E-state index in [1.165, 1.54) is 10.9 Å². The van der Waals surface area contributed by atoms with Crippen LogP contribution in [-0.4, -0.2) is 33.3 Å². The van der Waals surface area contributed by atoms with Crippen molar-refractivity contribution in [2.75, 3.05) is 10.6 Å². The van der Waals surface area contributed by atoms with Crippen molar-refractivity contribution in [2.45, 2.75) is 18.9 Å². The molecular weight excluding hydrogens is 386 g/mol. The van der Waals surface area contributed by atoms with Crippen molar-refractivity contribution in [2.24, 2.45) is 7.05 Å². The molecule has 3 N–H and O–H groups in total. The number of hydrogen-bond acceptors (Lipinski definition) is 5. The van der Waals surface area contributed by atoms with Crippen molar-refractivity contribution in [1.82, 2.24) is 14.9 Å². The maximum Gasteiger partial charge on any atom is 0.260 e. The van der Waals surface area contributed by atoms with Gasteiger partial charge in [-0.1, -0.05) is 12.1 Å². The number of aryl methyl sites for hydroxylation is 1. The molecule has 0 saturated heterocycles. The average Bonchev–Trinajstić information content (AvgIpc) is 2.85. The first kappa shape index (κ1) is 19.3. The topological polar surface area (TPSA) is 122 Å². The Morgan fingerprint density at radius 3 is 2.80 bits per heavy atom. The van der Waals surface area contributed by atoms with Crippen LogP contribution < -0.4 is 21.5 Å². The molecule has 1 unspecified atom stereocenters. The Bertz CT molecular complexity index is 1230. The van der Waals surface area contributed by atoms with E-state index in [0.717, 1.165) is 0 Å². The van der Waals surface area contributed by atoms with Crippen LogP contribution in [-0.2, 0) is 16.6 Å². The molecule has 0 spiro atoms. The molecule has 9 nitrogen and oxygen atoms in total. The van der Waals surface area contributed by atoms with Gasteiger partial charge in [-0.3, -0.25) is 19.2 Å². The third-order valence-electron chi connectivity index (χ3n) is 4.91. The molecule has 0 fully saturated rings. The highest BCUT2D eigenvalue weighted by Crippen LogP contribution is 2.20. The minimum atomic E-state index is -0.830. The molecule has 3 aromatic rings. The number of nitrogens with zero attached hydrogens (tertiary/aromatic N) is 2. The summed E-state index contributed by atoms with van der Waals surface area (Å²) in [4.78, 5) is 53.5. The summed E-state index contributed by atoms with van der Waals surface area (Å²) in [6, 6.07) is 10.8. The highest BCUT2D eigenvalue weighted by atomic mass is 16.2. The number of fused-ring (bicyclic) bond motifs is 2. The number of carbonyl (C=O) groups excluding carboxylic acids is 3. The summed E-state index contributed by atoms with van der Waals surface area (Å²) < 4.78 is 1.36. The second-order valence-electron chi connectivity index (χ2n) is 7.04. The zero-order valence-corrected chi connectivity index (χ0v) is 16.1. The molecule has 2 aromatic carbocycles. The molecule has 4 rings (SSSR count). The van der Waals surface area contributed by atoms with Crippen LogP contribution >= 0.6 is 0 Å². The third-order valence-corrected chi connectivity index (χ3v) is 4.91. The van der Waals surface area contributed by atoms with Crippen LogP contribution in [0.25, 0.3) is 10.9 Å². The molecule has 9 heteroatoms. The monoisotopic (exact) mass is 405 g/mol. The number of benzene rings is 2. The summed E-state index contributed by atoms with van der Waals surface area (Å²) in [6.45, 7) is 0. The fraction of sp³-hybridized carbons (Fsp3) is 0.190. The lowest BCUT2D eigenvalue weighted by atomic mass is 10.1. The van der Waals surface area contributed by atoms with Gasteiger partial charge in [0.05, 0.1) is 28.5 Å². The van der Waals surface area contributed by atoms with E-state index in [1.807, 2.05) is 0 Å². The fourth-order valence-electron chi connectivity index (χ4n) is 3.30. The number of para-hydroxylation sites is 1. The van der Waals surface area contributed by atoms with Gasteiger partial charge in [-0.2, -0.15) is 0 Å². The molecule has 152 valence electrons. The molecule has 0 bridgehead atoms. The number of nitrogens with one attached hydrogen (secondary N) is 3. The minimum absolute atomic E-state index is 0.0117. The van der Waals surface area contributed by atoms with Gasteiger partial charge in [-0.05, 0) is 36.8 Å². The van der Waals surface area contributed by atoms with Gasteiger partial charge >= 0.3 is 0 Å². The summed E-state index contributed by atoms with van der Waals surface area (Å²) in [5.74, 6) is -1.08. The standard InChI is InChI=1S/C21H19N5O4/c1-26-11-22-15-7-6-12(10-14(15)21(26)30)23-18(27)9-8-17-20(29)24-16-5-3-2-4-13(16)19(28)25-17/h2-7,10-11,17H,8-9H2,1H3,(H,23,27)(H,24,29)(H,25,28). The number of amides is 3. The summed E-state index contributed by atoms with van der Waals surface area (Å²) in [5, 5.41) is 8.48. The number of carbonyl (C=O) groups is 3. The van der Waals surface area contributed by atoms with Crippen LogP contribution in [0, 0.1) is 0 Å². The first-order chi connectivity index (χ1) is 14.4. The Kier molecular flexibility index (Phi) is 5.01. The molecule has 0 saturated carbocycles. The Morgan fingerprint density at radius 2 is 1.97 bits per heavy atom. The quantitative estimate of drug-likeness (QED) is 0.606. The maximum absolute atomic E-state index is 12.4. The molecule has 1 atom stereocenters. The lowest BCUT2D eigenvalue weighted by molar-refractivity contribution is -0.118. The highest BCUT2D eigenvalue weighted by molar-refractivity contribution is 6.10. The molecule has 30 heavy (non-hydrogen) atoms.